The molecule has 1 aromatic carbocycles. The van der Waals surface area contributed by atoms with Crippen LogP contribution < -0.4 is 0 Å². The van der Waals surface area contributed by atoms with Gasteiger partial charge in [0.25, 0.3) is 0 Å². The molecule has 5 heteroatoms. The van der Waals surface area contributed by atoms with Crippen molar-refractivity contribution >= 4 is 15.8 Å². The summed E-state index contributed by atoms with van der Waals surface area (Å²) in [7, 11) is -3.64. The number of benzene rings is 1. The lowest BCUT2D eigenvalue weighted by molar-refractivity contribution is -0.144. The van der Waals surface area contributed by atoms with Gasteiger partial charge in [0.1, 0.15) is 0 Å². The first kappa shape index (κ1) is 16.7. The van der Waals surface area contributed by atoms with Crippen molar-refractivity contribution in [2.75, 3.05) is 5.75 Å². The topological polar surface area (TPSA) is 60.4 Å². The van der Waals surface area contributed by atoms with E-state index < -0.39 is 21.6 Å². The maximum absolute atomic E-state index is 12.1. The normalized spacial score (nSPS) is 12.5. The lowest BCUT2D eigenvalue weighted by Crippen LogP contribution is -2.21. The van der Waals surface area contributed by atoms with Gasteiger partial charge in [-0.05, 0) is 37.0 Å². The van der Waals surface area contributed by atoms with Crippen molar-refractivity contribution in [3.63, 3.8) is 0 Å². The molecule has 1 rings (SSSR count). The first-order valence-electron chi connectivity index (χ1n) is 6.55. The van der Waals surface area contributed by atoms with E-state index in [0.717, 1.165) is 5.56 Å². The number of sulfone groups is 1. The van der Waals surface area contributed by atoms with Crippen LogP contribution in [0.1, 0.15) is 40.2 Å². The van der Waals surface area contributed by atoms with Crippen molar-refractivity contribution in [3.8, 4) is 0 Å². The second kappa shape index (κ2) is 5.95. The highest BCUT2D eigenvalue weighted by Gasteiger charge is 2.22. The SMILES string of the molecule is CC(C)OC(=O)CS(=O)(=O)c1ccc(C(C)(C)C)cc1. The zero-order valence-electron chi connectivity index (χ0n) is 12.6. The first-order valence-corrected chi connectivity index (χ1v) is 8.20. The summed E-state index contributed by atoms with van der Waals surface area (Å²) in [5.41, 5.74) is 1.000. The molecule has 4 nitrogen and oxygen atoms in total. The van der Waals surface area contributed by atoms with E-state index in [4.69, 9.17) is 4.74 Å². The fraction of sp³-hybridized carbons (Fsp3) is 0.533. The second-order valence-corrected chi connectivity index (χ2v) is 8.06. The summed E-state index contributed by atoms with van der Waals surface area (Å²) < 4.78 is 29.0. The Bertz CT molecular complexity index is 563. The van der Waals surface area contributed by atoms with Crippen LogP contribution in [0, 0.1) is 0 Å². The van der Waals surface area contributed by atoms with Gasteiger partial charge in [0, 0.05) is 0 Å². The smallest absolute Gasteiger partial charge is 0.321 e. The van der Waals surface area contributed by atoms with Crippen molar-refractivity contribution in [2.45, 2.75) is 51.0 Å². The van der Waals surface area contributed by atoms with E-state index in [1.165, 1.54) is 0 Å². The minimum Gasteiger partial charge on any atom is -0.462 e. The molecule has 0 aromatic heterocycles. The Morgan fingerprint density at radius 2 is 1.65 bits per heavy atom. The van der Waals surface area contributed by atoms with Crippen LogP contribution in [0.25, 0.3) is 0 Å². The molecule has 0 amide bonds. The number of carbonyl (C=O) groups excluding carboxylic acids is 1. The van der Waals surface area contributed by atoms with Gasteiger partial charge in [0.2, 0.25) is 0 Å². The van der Waals surface area contributed by atoms with Crippen molar-refractivity contribution in [1.29, 1.82) is 0 Å². The summed E-state index contributed by atoms with van der Waals surface area (Å²) in [5, 5.41) is 0. The van der Waals surface area contributed by atoms with Crippen LogP contribution in [-0.2, 0) is 24.8 Å². The summed E-state index contributed by atoms with van der Waals surface area (Å²) in [4.78, 5) is 11.6. The van der Waals surface area contributed by atoms with Gasteiger partial charge in [0.05, 0.1) is 11.0 Å². The van der Waals surface area contributed by atoms with E-state index in [1.807, 2.05) is 0 Å². The quantitative estimate of drug-likeness (QED) is 0.802. The standard InChI is InChI=1S/C15H22O4S/c1-11(2)19-14(16)10-20(17,18)13-8-6-12(7-9-13)15(3,4)5/h6-9,11H,10H2,1-5H3. The summed E-state index contributed by atoms with van der Waals surface area (Å²) in [6.07, 6.45) is -0.319. The molecule has 0 aliphatic heterocycles. The van der Waals surface area contributed by atoms with Gasteiger partial charge in [-0.2, -0.15) is 0 Å². The van der Waals surface area contributed by atoms with Gasteiger partial charge < -0.3 is 4.74 Å². The molecule has 0 saturated heterocycles. The van der Waals surface area contributed by atoms with Crippen LogP contribution in [-0.4, -0.2) is 26.2 Å². The molecule has 0 radical (unpaired) electrons. The number of rotatable bonds is 4. The molecule has 0 heterocycles. The van der Waals surface area contributed by atoms with E-state index in [1.54, 1.807) is 38.1 Å². The third-order valence-electron chi connectivity index (χ3n) is 2.75. The maximum atomic E-state index is 12.1. The highest BCUT2D eigenvalue weighted by Crippen LogP contribution is 2.23. The molecule has 20 heavy (non-hydrogen) atoms. The van der Waals surface area contributed by atoms with Crippen molar-refractivity contribution in [1.82, 2.24) is 0 Å². The van der Waals surface area contributed by atoms with E-state index >= 15 is 0 Å². The van der Waals surface area contributed by atoms with Crippen LogP contribution in [0.5, 0.6) is 0 Å². The Morgan fingerprint density at radius 1 is 1.15 bits per heavy atom. The molecule has 0 N–H and O–H groups in total. The lowest BCUT2D eigenvalue weighted by atomic mass is 9.87. The van der Waals surface area contributed by atoms with Gasteiger partial charge in [-0.25, -0.2) is 8.42 Å². The Balaban J connectivity index is 2.91. The molecule has 0 atom stereocenters. The average molecular weight is 298 g/mol. The molecule has 112 valence electrons. The average Bonchev–Trinajstić information content (AvgIpc) is 2.26. The summed E-state index contributed by atoms with van der Waals surface area (Å²) in [5.74, 6) is -1.35. The van der Waals surface area contributed by atoms with Crippen molar-refractivity contribution < 1.29 is 17.9 Å². The molecule has 0 aliphatic rings. The van der Waals surface area contributed by atoms with Crippen molar-refractivity contribution in [3.05, 3.63) is 29.8 Å². The largest absolute Gasteiger partial charge is 0.462 e. The predicted molar refractivity (Wildman–Crippen MR) is 78.4 cm³/mol. The first-order chi connectivity index (χ1) is 9.02. The third kappa shape index (κ3) is 4.63. The Morgan fingerprint density at radius 3 is 2.05 bits per heavy atom. The van der Waals surface area contributed by atoms with Crippen LogP contribution in [0.15, 0.2) is 29.2 Å². The molecule has 0 bridgehead atoms. The highest BCUT2D eigenvalue weighted by atomic mass is 32.2. The zero-order chi connectivity index (χ0) is 15.6. The second-order valence-electron chi connectivity index (χ2n) is 6.07. The molecular formula is C15H22O4S. The predicted octanol–water partition coefficient (Wildman–Crippen LogP) is 2.71. The molecule has 1 aromatic rings. The van der Waals surface area contributed by atoms with Crippen LogP contribution in [0.3, 0.4) is 0 Å². The Hall–Kier alpha value is -1.36. The van der Waals surface area contributed by atoms with E-state index in [-0.39, 0.29) is 16.4 Å². The van der Waals surface area contributed by atoms with Gasteiger partial charge in [-0.15, -0.1) is 0 Å². The van der Waals surface area contributed by atoms with Gasteiger partial charge in [0.15, 0.2) is 15.6 Å². The molecule has 0 spiro atoms. The van der Waals surface area contributed by atoms with E-state index in [9.17, 15) is 13.2 Å². The Kier molecular flexibility index (Phi) is 4.97. The summed E-state index contributed by atoms with van der Waals surface area (Å²) >= 11 is 0. The zero-order valence-corrected chi connectivity index (χ0v) is 13.5. The van der Waals surface area contributed by atoms with Gasteiger partial charge >= 0.3 is 5.97 Å². The number of ether oxygens (including phenoxy) is 1. The maximum Gasteiger partial charge on any atom is 0.321 e. The lowest BCUT2D eigenvalue weighted by Gasteiger charge is -2.19. The third-order valence-corrected chi connectivity index (χ3v) is 4.36. The van der Waals surface area contributed by atoms with Gasteiger partial charge in [-0.3, -0.25) is 4.79 Å². The van der Waals surface area contributed by atoms with E-state index in [0.29, 0.717) is 0 Å². The van der Waals surface area contributed by atoms with Crippen molar-refractivity contribution in [2.24, 2.45) is 0 Å². The van der Waals surface area contributed by atoms with E-state index in [2.05, 4.69) is 20.8 Å². The summed E-state index contributed by atoms with van der Waals surface area (Å²) in [6.45, 7) is 9.52. The van der Waals surface area contributed by atoms with Crippen LogP contribution >= 0.6 is 0 Å². The Labute approximate surface area is 121 Å². The number of hydrogen-bond donors (Lipinski definition) is 0. The highest BCUT2D eigenvalue weighted by molar-refractivity contribution is 7.92. The minimum atomic E-state index is -3.64. The monoisotopic (exact) mass is 298 g/mol. The molecule has 0 unspecified atom stereocenters. The van der Waals surface area contributed by atoms with Gasteiger partial charge in [-0.1, -0.05) is 32.9 Å². The van der Waals surface area contributed by atoms with Crippen LogP contribution in [0.4, 0.5) is 0 Å². The number of carbonyl (C=O) groups is 1. The molecular weight excluding hydrogens is 276 g/mol. The van der Waals surface area contributed by atoms with Crippen LogP contribution in [0.2, 0.25) is 0 Å². The molecule has 0 aliphatic carbocycles. The fourth-order valence-corrected chi connectivity index (χ4v) is 2.79. The molecule has 0 saturated carbocycles. The fourth-order valence-electron chi connectivity index (χ4n) is 1.70. The molecule has 0 fully saturated rings. The number of esters is 1. The summed E-state index contributed by atoms with van der Waals surface area (Å²) in [6, 6.07) is 6.64. The number of hydrogen-bond acceptors (Lipinski definition) is 4. The minimum absolute atomic E-state index is 0.0428.